The lowest BCUT2D eigenvalue weighted by Gasteiger charge is -2.24. The van der Waals surface area contributed by atoms with Crippen molar-refractivity contribution in [1.82, 2.24) is 5.32 Å². The molecule has 0 aromatic heterocycles. The van der Waals surface area contributed by atoms with Crippen LogP contribution in [-0.2, 0) is 14.9 Å². The zero-order valence-electron chi connectivity index (χ0n) is 25.1. The van der Waals surface area contributed by atoms with Crippen LogP contribution in [0.25, 0.3) is 0 Å². The number of nitrogens with one attached hydrogen (secondary N) is 1. The van der Waals surface area contributed by atoms with Gasteiger partial charge in [-0.25, -0.2) is 0 Å². The first-order valence-electron chi connectivity index (χ1n) is 16.0. The van der Waals surface area contributed by atoms with E-state index in [4.69, 9.17) is 0 Å². The van der Waals surface area contributed by atoms with Gasteiger partial charge >= 0.3 is 0 Å². The Morgan fingerprint density at radius 3 is 1.59 bits per heavy atom. The standard InChI is InChI=1S/C31H61NO6S/c1-3-5-7-9-11-13-14-15-16-17-18-20-21-23-25-29(33)28(27-39(36,37)38)32-31(35)30(34)26-24-22-19-12-10-8-6-4-2/h19,22,28-30,33-34H,3-18,20-21,23-27H2,1-2H3,(H,32,35)(H,36,37,38)/b22-19-. The van der Waals surface area contributed by atoms with E-state index in [0.717, 1.165) is 32.1 Å². The molecule has 0 rings (SSSR count). The summed E-state index contributed by atoms with van der Waals surface area (Å²) < 4.78 is 32.2. The number of unbranched alkanes of at least 4 members (excludes halogenated alkanes) is 17. The van der Waals surface area contributed by atoms with Gasteiger partial charge in [-0.05, 0) is 32.1 Å². The molecule has 0 aliphatic rings. The van der Waals surface area contributed by atoms with Crippen molar-refractivity contribution in [3.05, 3.63) is 12.2 Å². The van der Waals surface area contributed by atoms with Gasteiger partial charge in [0.25, 0.3) is 10.1 Å². The van der Waals surface area contributed by atoms with Gasteiger partial charge in [-0.15, -0.1) is 0 Å². The Bertz CT molecular complexity index is 697. The Balaban J connectivity index is 4.15. The van der Waals surface area contributed by atoms with Gasteiger partial charge in [0, 0.05) is 0 Å². The molecule has 0 radical (unpaired) electrons. The summed E-state index contributed by atoms with van der Waals surface area (Å²) in [5.41, 5.74) is 0. The van der Waals surface area contributed by atoms with E-state index >= 15 is 0 Å². The molecule has 3 unspecified atom stereocenters. The maximum atomic E-state index is 12.4. The molecule has 0 heterocycles. The molecule has 0 aliphatic carbocycles. The molecule has 1 amide bonds. The van der Waals surface area contributed by atoms with Gasteiger partial charge in [-0.3, -0.25) is 9.35 Å². The van der Waals surface area contributed by atoms with Crippen molar-refractivity contribution in [1.29, 1.82) is 0 Å². The molecule has 0 spiro atoms. The number of hydrogen-bond acceptors (Lipinski definition) is 5. The predicted octanol–water partition coefficient (Wildman–Crippen LogP) is 7.26. The van der Waals surface area contributed by atoms with Crippen LogP contribution in [0.2, 0.25) is 0 Å². The van der Waals surface area contributed by atoms with Gasteiger partial charge < -0.3 is 15.5 Å². The Morgan fingerprint density at radius 2 is 1.10 bits per heavy atom. The van der Waals surface area contributed by atoms with E-state index in [2.05, 4.69) is 25.2 Å². The van der Waals surface area contributed by atoms with Crippen LogP contribution in [-0.4, -0.2) is 53.1 Å². The molecule has 0 bridgehead atoms. The van der Waals surface area contributed by atoms with Crippen molar-refractivity contribution in [2.24, 2.45) is 0 Å². The normalized spacial score (nSPS) is 14.5. The van der Waals surface area contributed by atoms with Gasteiger partial charge in [0.15, 0.2) is 0 Å². The van der Waals surface area contributed by atoms with Crippen molar-refractivity contribution < 1.29 is 28.0 Å². The molecule has 7 nitrogen and oxygen atoms in total. The van der Waals surface area contributed by atoms with Gasteiger partial charge in [-0.1, -0.05) is 135 Å². The summed E-state index contributed by atoms with van der Waals surface area (Å²) in [5.74, 6) is -1.50. The molecule has 4 N–H and O–H groups in total. The third kappa shape index (κ3) is 25.7. The molecule has 232 valence electrons. The first-order chi connectivity index (χ1) is 18.7. The number of rotatable bonds is 28. The van der Waals surface area contributed by atoms with E-state index in [1.54, 1.807) is 0 Å². The number of aliphatic hydroxyl groups excluding tert-OH is 2. The lowest BCUT2D eigenvalue weighted by molar-refractivity contribution is -0.131. The number of hydrogen-bond donors (Lipinski definition) is 4. The van der Waals surface area contributed by atoms with E-state index < -0.39 is 40.0 Å². The minimum absolute atomic E-state index is 0.213. The summed E-state index contributed by atoms with van der Waals surface area (Å²) in [7, 11) is -4.40. The molecule has 39 heavy (non-hydrogen) atoms. The zero-order valence-corrected chi connectivity index (χ0v) is 25.9. The Morgan fingerprint density at radius 1 is 0.667 bits per heavy atom. The molecule has 0 aromatic rings. The van der Waals surface area contributed by atoms with Crippen LogP contribution in [0.5, 0.6) is 0 Å². The molecular formula is C31H61NO6S. The van der Waals surface area contributed by atoms with Gasteiger partial charge in [0.05, 0.1) is 17.9 Å². The number of amides is 1. The highest BCUT2D eigenvalue weighted by atomic mass is 32.2. The van der Waals surface area contributed by atoms with Crippen LogP contribution >= 0.6 is 0 Å². The predicted molar refractivity (Wildman–Crippen MR) is 162 cm³/mol. The van der Waals surface area contributed by atoms with Crippen LogP contribution in [0.4, 0.5) is 0 Å². The minimum atomic E-state index is -4.40. The lowest BCUT2D eigenvalue weighted by Crippen LogP contribution is -2.50. The smallest absolute Gasteiger partial charge is 0.266 e. The summed E-state index contributed by atoms with van der Waals surface area (Å²) in [6.45, 7) is 4.41. The molecule has 0 aliphatic heterocycles. The fourth-order valence-electron chi connectivity index (χ4n) is 4.81. The highest BCUT2D eigenvalue weighted by Gasteiger charge is 2.28. The second-order valence-electron chi connectivity index (χ2n) is 11.2. The monoisotopic (exact) mass is 575 g/mol. The topological polar surface area (TPSA) is 124 Å². The van der Waals surface area contributed by atoms with Crippen molar-refractivity contribution in [3.63, 3.8) is 0 Å². The summed E-state index contributed by atoms with van der Waals surface area (Å²) >= 11 is 0. The summed E-state index contributed by atoms with van der Waals surface area (Å²) in [4.78, 5) is 12.4. The van der Waals surface area contributed by atoms with E-state index in [1.165, 1.54) is 83.5 Å². The van der Waals surface area contributed by atoms with Crippen molar-refractivity contribution in [2.75, 3.05) is 5.75 Å². The highest BCUT2D eigenvalue weighted by molar-refractivity contribution is 7.85. The first-order valence-corrected chi connectivity index (χ1v) is 17.6. The van der Waals surface area contributed by atoms with Crippen LogP contribution in [0.15, 0.2) is 12.2 Å². The minimum Gasteiger partial charge on any atom is -0.391 e. The molecule has 0 saturated heterocycles. The van der Waals surface area contributed by atoms with Crippen molar-refractivity contribution in [2.45, 2.75) is 173 Å². The summed E-state index contributed by atoms with van der Waals surface area (Å²) in [6.07, 6.45) is 25.4. The third-order valence-corrected chi connectivity index (χ3v) is 8.12. The number of allylic oxidation sites excluding steroid dienone is 2. The van der Waals surface area contributed by atoms with E-state index in [-0.39, 0.29) is 6.42 Å². The Hall–Kier alpha value is -0.960. The summed E-state index contributed by atoms with van der Waals surface area (Å²) in [6, 6.07) is -1.15. The fourth-order valence-corrected chi connectivity index (χ4v) is 5.57. The molecule has 0 aromatic carbocycles. The first kappa shape index (κ1) is 38.0. The van der Waals surface area contributed by atoms with E-state index in [1.807, 2.05) is 6.08 Å². The second-order valence-corrected chi connectivity index (χ2v) is 12.7. The maximum Gasteiger partial charge on any atom is 0.266 e. The summed E-state index contributed by atoms with van der Waals surface area (Å²) in [5, 5.41) is 23.2. The van der Waals surface area contributed by atoms with Crippen LogP contribution in [0, 0.1) is 0 Å². The van der Waals surface area contributed by atoms with E-state index in [9.17, 15) is 28.0 Å². The van der Waals surface area contributed by atoms with Crippen LogP contribution in [0.3, 0.4) is 0 Å². The molecular weight excluding hydrogens is 514 g/mol. The zero-order chi connectivity index (χ0) is 29.2. The molecule has 0 fully saturated rings. The number of aliphatic hydroxyl groups is 2. The quantitative estimate of drug-likeness (QED) is 0.0442. The third-order valence-electron chi connectivity index (χ3n) is 7.34. The average Bonchev–Trinajstić information content (AvgIpc) is 2.88. The second kappa shape index (κ2) is 26.0. The SMILES string of the molecule is CCCCCC/C=C\CCC(O)C(=O)NC(CS(=O)(=O)O)C(O)CCCCCCCCCCCCCCCC. The average molecular weight is 576 g/mol. The van der Waals surface area contributed by atoms with Gasteiger partial charge in [0.1, 0.15) is 6.10 Å². The van der Waals surface area contributed by atoms with Gasteiger partial charge in [-0.2, -0.15) is 8.42 Å². The van der Waals surface area contributed by atoms with Gasteiger partial charge in [0.2, 0.25) is 5.91 Å². The molecule has 0 saturated carbocycles. The van der Waals surface area contributed by atoms with Crippen molar-refractivity contribution in [3.8, 4) is 0 Å². The number of carbonyl (C=O) groups is 1. The molecule has 3 atom stereocenters. The largest absolute Gasteiger partial charge is 0.391 e. The lowest BCUT2D eigenvalue weighted by atomic mass is 10.0. The molecule has 8 heteroatoms. The maximum absolute atomic E-state index is 12.4. The Kier molecular flexibility index (Phi) is 25.3. The fraction of sp³-hybridized carbons (Fsp3) is 0.903. The van der Waals surface area contributed by atoms with Crippen molar-refractivity contribution >= 4 is 16.0 Å². The van der Waals surface area contributed by atoms with Crippen LogP contribution < -0.4 is 5.32 Å². The van der Waals surface area contributed by atoms with E-state index in [0.29, 0.717) is 19.3 Å². The number of carbonyl (C=O) groups excluding carboxylic acids is 1. The Labute approximate surface area is 240 Å². The highest BCUT2D eigenvalue weighted by Crippen LogP contribution is 2.15. The van der Waals surface area contributed by atoms with Crippen LogP contribution in [0.1, 0.15) is 155 Å².